The van der Waals surface area contributed by atoms with Crippen LogP contribution in [0, 0.1) is 0 Å². The lowest BCUT2D eigenvalue weighted by molar-refractivity contribution is -0.120. The van der Waals surface area contributed by atoms with Crippen LogP contribution in [0.15, 0.2) is 60.2 Å². The Kier molecular flexibility index (Phi) is 6.11. The third-order valence-electron chi connectivity index (χ3n) is 5.74. The predicted octanol–water partition coefficient (Wildman–Crippen LogP) is 3.93. The number of fused-ring (bicyclic) bond motifs is 1. The second kappa shape index (κ2) is 9.33. The van der Waals surface area contributed by atoms with Gasteiger partial charge in [0.25, 0.3) is 0 Å². The van der Waals surface area contributed by atoms with E-state index in [0.717, 1.165) is 46.4 Å². The van der Waals surface area contributed by atoms with Crippen molar-refractivity contribution < 1.29 is 9.53 Å². The second-order valence-electron chi connectivity index (χ2n) is 8.51. The van der Waals surface area contributed by atoms with Gasteiger partial charge in [-0.2, -0.15) is 0 Å². The SMILES string of the molecule is CC1CN(c2ccc(CNC(=O)Cc3csc4nc(-c5ccccc5)cn34)cn2)CC(C)O1. The summed E-state index contributed by atoms with van der Waals surface area (Å²) in [6, 6.07) is 14.1. The number of rotatable bonds is 6. The molecule has 1 fully saturated rings. The molecule has 0 radical (unpaired) electrons. The molecule has 0 spiro atoms. The molecule has 2 atom stereocenters. The van der Waals surface area contributed by atoms with Crippen LogP contribution >= 0.6 is 11.3 Å². The lowest BCUT2D eigenvalue weighted by Crippen LogP contribution is -2.45. The molecule has 170 valence electrons. The van der Waals surface area contributed by atoms with Crippen LogP contribution in [0.4, 0.5) is 5.82 Å². The summed E-state index contributed by atoms with van der Waals surface area (Å²) < 4.78 is 7.81. The summed E-state index contributed by atoms with van der Waals surface area (Å²) >= 11 is 1.55. The van der Waals surface area contributed by atoms with E-state index in [1.807, 2.05) is 64.6 Å². The van der Waals surface area contributed by atoms with Crippen LogP contribution in [0.3, 0.4) is 0 Å². The zero-order chi connectivity index (χ0) is 22.8. The fourth-order valence-corrected chi connectivity index (χ4v) is 5.08. The molecule has 1 amide bonds. The topological polar surface area (TPSA) is 71.8 Å². The maximum Gasteiger partial charge on any atom is 0.226 e. The number of ether oxygens (including phenoxy) is 1. The highest BCUT2D eigenvalue weighted by atomic mass is 32.1. The minimum Gasteiger partial charge on any atom is -0.372 e. The van der Waals surface area contributed by atoms with Crippen LogP contribution in [0.5, 0.6) is 0 Å². The van der Waals surface area contributed by atoms with Crippen LogP contribution < -0.4 is 10.2 Å². The van der Waals surface area contributed by atoms with Crippen molar-refractivity contribution in [2.75, 3.05) is 18.0 Å². The number of benzene rings is 1. The number of thiazole rings is 1. The normalized spacial score (nSPS) is 18.5. The molecule has 1 N–H and O–H groups in total. The number of nitrogens with one attached hydrogen (secondary N) is 1. The number of carbonyl (C=O) groups excluding carboxylic acids is 1. The summed E-state index contributed by atoms with van der Waals surface area (Å²) in [6.07, 6.45) is 4.53. The van der Waals surface area contributed by atoms with Gasteiger partial charge >= 0.3 is 0 Å². The number of anilines is 1. The van der Waals surface area contributed by atoms with Gasteiger partial charge in [0.2, 0.25) is 5.91 Å². The van der Waals surface area contributed by atoms with Gasteiger partial charge in [-0.15, -0.1) is 11.3 Å². The molecule has 7 nitrogen and oxygen atoms in total. The molecule has 0 bridgehead atoms. The van der Waals surface area contributed by atoms with E-state index in [9.17, 15) is 4.79 Å². The summed E-state index contributed by atoms with van der Waals surface area (Å²) in [4.78, 5) is 25.0. The Balaban J connectivity index is 1.19. The maximum atomic E-state index is 12.6. The molecule has 5 rings (SSSR count). The molecule has 4 aromatic rings. The first-order valence-corrected chi connectivity index (χ1v) is 12.1. The van der Waals surface area contributed by atoms with E-state index in [2.05, 4.69) is 29.0 Å². The molecular weight excluding hydrogens is 434 g/mol. The average molecular weight is 462 g/mol. The molecule has 33 heavy (non-hydrogen) atoms. The van der Waals surface area contributed by atoms with E-state index in [-0.39, 0.29) is 18.1 Å². The Morgan fingerprint density at radius 1 is 1.15 bits per heavy atom. The number of nitrogens with zero attached hydrogens (tertiary/aromatic N) is 4. The lowest BCUT2D eigenvalue weighted by atomic mass is 10.2. The molecule has 0 aliphatic carbocycles. The van der Waals surface area contributed by atoms with Crippen LogP contribution in [0.2, 0.25) is 0 Å². The fraction of sp³-hybridized carbons (Fsp3) is 0.320. The third kappa shape index (κ3) is 4.91. The van der Waals surface area contributed by atoms with Gasteiger partial charge in [0.1, 0.15) is 5.82 Å². The van der Waals surface area contributed by atoms with Crippen LogP contribution in [-0.4, -0.2) is 45.6 Å². The van der Waals surface area contributed by atoms with Crippen molar-refractivity contribution in [2.45, 2.75) is 39.0 Å². The highest BCUT2D eigenvalue weighted by Crippen LogP contribution is 2.24. The molecule has 1 aliphatic rings. The predicted molar refractivity (Wildman–Crippen MR) is 131 cm³/mol. The highest BCUT2D eigenvalue weighted by Gasteiger charge is 2.23. The first-order valence-electron chi connectivity index (χ1n) is 11.2. The van der Waals surface area contributed by atoms with Crippen LogP contribution in [0.25, 0.3) is 16.2 Å². The first-order chi connectivity index (χ1) is 16.0. The van der Waals surface area contributed by atoms with Crippen LogP contribution in [-0.2, 0) is 22.5 Å². The standard InChI is InChI=1S/C25H27N5O2S/c1-17-13-29(14-18(2)32-17)23-9-8-19(11-26-23)12-27-24(31)10-21-16-33-25-28-22(15-30(21)25)20-6-4-3-5-7-20/h3-9,11,15-18H,10,12-14H2,1-2H3,(H,27,31). The summed E-state index contributed by atoms with van der Waals surface area (Å²) in [7, 11) is 0. The zero-order valence-corrected chi connectivity index (χ0v) is 19.6. The smallest absolute Gasteiger partial charge is 0.226 e. The summed E-state index contributed by atoms with van der Waals surface area (Å²) in [5.74, 6) is 0.923. The Morgan fingerprint density at radius 2 is 1.94 bits per heavy atom. The second-order valence-corrected chi connectivity index (χ2v) is 9.35. The van der Waals surface area contributed by atoms with Gasteiger partial charge in [-0.05, 0) is 25.5 Å². The summed E-state index contributed by atoms with van der Waals surface area (Å²) in [5, 5.41) is 5.01. The first kappa shape index (κ1) is 21.6. The van der Waals surface area contributed by atoms with Gasteiger partial charge in [-0.3, -0.25) is 9.20 Å². The highest BCUT2D eigenvalue weighted by molar-refractivity contribution is 7.15. The monoisotopic (exact) mass is 461 g/mol. The zero-order valence-electron chi connectivity index (χ0n) is 18.8. The van der Waals surface area contributed by atoms with Crippen LogP contribution in [0.1, 0.15) is 25.1 Å². The molecule has 1 aromatic carbocycles. The van der Waals surface area contributed by atoms with Crippen molar-refractivity contribution in [1.82, 2.24) is 19.7 Å². The van der Waals surface area contributed by atoms with Gasteiger partial charge in [-0.1, -0.05) is 36.4 Å². The Bertz CT molecular complexity index is 1220. The van der Waals surface area contributed by atoms with E-state index in [1.54, 1.807) is 11.3 Å². The molecule has 3 aromatic heterocycles. The summed E-state index contributed by atoms with van der Waals surface area (Å²) in [6.45, 7) is 6.29. The number of hydrogen-bond acceptors (Lipinski definition) is 6. The number of morpholine rings is 1. The van der Waals surface area contributed by atoms with E-state index in [1.165, 1.54) is 0 Å². The van der Waals surface area contributed by atoms with Gasteiger partial charge in [0, 0.05) is 48.7 Å². The average Bonchev–Trinajstić information content (AvgIpc) is 3.40. The Labute approximate surface area is 197 Å². The minimum atomic E-state index is -0.0235. The fourth-order valence-electron chi connectivity index (χ4n) is 4.21. The third-order valence-corrected chi connectivity index (χ3v) is 6.63. The number of carbonyl (C=O) groups is 1. The van der Waals surface area contributed by atoms with E-state index in [4.69, 9.17) is 9.72 Å². The quantitative estimate of drug-likeness (QED) is 0.471. The molecule has 4 heterocycles. The van der Waals surface area contributed by atoms with E-state index in [0.29, 0.717) is 13.0 Å². The van der Waals surface area contributed by atoms with E-state index < -0.39 is 0 Å². The maximum absolute atomic E-state index is 12.6. The van der Waals surface area contributed by atoms with Crippen molar-refractivity contribution >= 4 is 28.0 Å². The van der Waals surface area contributed by atoms with Crippen molar-refractivity contribution in [3.8, 4) is 11.3 Å². The Morgan fingerprint density at radius 3 is 2.67 bits per heavy atom. The molecule has 8 heteroatoms. The number of aromatic nitrogens is 3. The molecular formula is C25H27N5O2S. The lowest BCUT2D eigenvalue weighted by Gasteiger charge is -2.36. The molecule has 1 saturated heterocycles. The number of imidazole rings is 1. The molecule has 1 aliphatic heterocycles. The van der Waals surface area contributed by atoms with E-state index >= 15 is 0 Å². The van der Waals surface area contributed by atoms with Crippen molar-refractivity contribution in [1.29, 1.82) is 0 Å². The van der Waals surface area contributed by atoms with Crippen molar-refractivity contribution in [3.05, 3.63) is 71.5 Å². The largest absolute Gasteiger partial charge is 0.372 e. The number of hydrogen-bond donors (Lipinski definition) is 1. The summed E-state index contributed by atoms with van der Waals surface area (Å²) in [5.41, 5.74) is 3.90. The van der Waals surface area contributed by atoms with Gasteiger partial charge < -0.3 is 15.0 Å². The Hall–Kier alpha value is -3.23. The van der Waals surface area contributed by atoms with Crippen molar-refractivity contribution in [2.24, 2.45) is 0 Å². The number of amides is 1. The van der Waals surface area contributed by atoms with Gasteiger partial charge in [0.05, 0.1) is 24.3 Å². The van der Waals surface area contributed by atoms with Gasteiger partial charge in [0.15, 0.2) is 4.96 Å². The molecule has 0 saturated carbocycles. The van der Waals surface area contributed by atoms with Gasteiger partial charge in [-0.25, -0.2) is 9.97 Å². The van der Waals surface area contributed by atoms with Crippen molar-refractivity contribution in [3.63, 3.8) is 0 Å². The number of pyridine rings is 1. The molecule has 2 unspecified atom stereocenters. The minimum absolute atomic E-state index is 0.0235.